The van der Waals surface area contributed by atoms with Crippen LogP contribution in [-0.4, -0.2) is 41.3 Å². The summed E-state index contributed by atoms with van der Waals surface area (Å²) in [7, 11) is 0. The van der Waals surface area contributed by atoms with Gasteiger partial charge in [-0.25, -0.2) is 0 Å². The summed E-state index contributed by atoms with van der Waals surface area (Å²) >= 11 is 5.88. The maximum atomic E-state index is 11.8. The van der Waals surface area contributed by atoms with Crippen LogP contribution in [0.5, 0.6) is 0 Å². The lowest BCUT2D eigenvalue weighted by atomic mass is 10.2. The first-order valence-corrected chi connectivity index (χ1v) is 6.63. The van der Waals surface area contributed by atoms with Crippen LogP contribution in [-0.2, 0) is 4.79 Å². The molecule has 0 spiro atoms. The molecule has 5 nitrogen and oxygen atoms in total. The van der Waals surface area contributed by atoms with Crippen LogP contribution in [0.4, 0.5) is 0 Å². The summed E-state index contributed by atoms with van der Waals surface area (Å²) in [5.74, 6) is -0.284. The van der Waals surface area contributed by atoms with Crippen LogP contribution in [0.1, 0.15) is 30.6 Å². The van der Waals surface area contributed by atoms with Crippen molar-refractivity contribution in [3.05, 3.63) is 29.0 Å². The van der Waals surface area contributed by atoms with E-state index in [9.17, 15) is 9.59 Å². The molecule has 0 fully saturated rings. The summed E-state index contributed by atoms with van der Waals surface area (Å²) in [6.07, 6.45) is 3.21. The molecule has 0 unspecified atom stereocenters. The first-order valence-electron chi connectivity index (χ1n) is 6.25. The van der Waals surface area contributed by atoms with Crippen LogP contribution in [0.3, 0.4) is 0 Å². The standard InChI is InChI=1S/C13H18ClN3O2/c1-3-17(4-2)12(18)6-8-16-13(19)10-9-15-7-5-11(10)14/h5,7,9H,3-4,6,8H2,1-2H3,(H,16,19). The molecule has 1 aromatic heterocycles. The summed E-state index contributed by atoms with van der Waals surface area (Å²) in [6, 6.07) is 1.55. The fourth-order valence-electron chi connectivity index (χ4n) is 1.66. The molecule has 6 heteroatoms. The average Bonchev–Trinajstić information content (AvgIpc) is 2.40. The summed E-state index contributed by atoms with van der Waals surface area (Å²) in [4.78, 5) is 29.1. The summed E-state index contributed by atoms with van der Waals surface area (Å²) < 4.78 is 0. The van der Waals surface area contributed by atoms with Crippen molar-refractivity contribution in [2.45, 2.75) is 20.3 Å². The van der Waals surface area contributed by atoms with E-state index >= 15 is 0 Å². The topological polar surface area (TPSA) is 62.3 Å². The van der Waals surface area contributed by atoms with Gasteiger partial charge >= 0.3 is 0 Å². The van der Waals surface area contributed by atoms with E-state index < -0.39 is 0 Å². The van der Waals surface area contributed by atoms with Gasteiger partial charge in [-0.05, 0) is 19.9 Å². The molecule has 104 valence electrons. The maximum absolute atomic E-state index is 11.8. The van der Waals surface area contributed by atoms with Crippen molar-refractivity contribution in [3.8, 4) is 0 Å². The van der Waals surface area contributed by atoms with E-state index in [0.717, 1.165) is 0 Å². The highest BCUT2D eigenvalue weighted by atomic mass is 35.5. The second-order valence-electron chi connectivity index (χ2n) is 3.93. The Labute approximate surface area is 118 Å². The van der Waals surface area contributed by atoms with E-state index in [0.29, 0.717) is 30.2 Å². The number of pyridine rings is 1. The maximum Gasteiger partial charge on any atom is 0.254 e. The van der Waals surface area contributed by atoms with Crippen molar-refractivity contribution in [1.29, 1.82) is 0 Å². The minimum atomic E-state index is -0.314. The molecule has 1 rings (SSSR count). The molecule has 0 saturated carbocycles. The van der Waals surface area contributed by atoms with Crippen molar-refractivity contribution < 1.29 is 9.59 Å². The van der Waals surface area contributed by atoms with E-state index in [2.05, 4.69) is 10.3 Å². The molecule has 0 aromatic carbocycles. The number of rotatable bonds is 6. The van der Waals surface area contributed by atoms with Crippen molar-refractivity contribution >= 4 is 23.4 Å². The average molecular weight is 284 g/mol. The number of nitrogens with zero attached hydrogens (tertiary/aromatic N) is 2. The van der Waals surface area contributed by atoms with Crippen molar-refractivity contribution in [3.63, 3.8) is 0 Å². The Morgan fingerprint density at radius 2 is 2.05 bits per heavy atom. The summed E-state index contributed by atoms with van der Waals surface area (Å²) in [6.45, 7) is 5.50. The SMILES string of the molecule is CCN(CC)C(=O)CCNC(=O)c1cnccc1Cl. The molecule has 1 aromatic rings. The Balaban J connectivity index is 2.44. The van der Waals surface area contributed by atoms with Crippen LogP contribution in [0.15, 0.2) is 18.5 Å². The molecule has 1 heterocycles. The van der Waals surface area contributed by atoms with Gasteiger partial charge in [0.15, 0.2) is 0 Å². The highest BCUT2D eigenvalue weighted by Gasteiger charge is 2.12. The predicted molar refractivity (Wildman–Crippen MR) is 74.1 cm³/mol. The number of hydrogen-bond donors (Lipinski definition) is 1. The number of hydrogen-bond acceptors (Lipinski definition) is 3. The summed E-state index contributed by atoms with van der Waals surface area (Å²) in [5, 5.41) is 3.01. The van der Waals surface area contributed by atoms with Crippen LogP contribution in [0.2, 0.25) is 5.02 Å². The van der Waals surface area contributed by atoms with Gasteiger partial charge in [-0.2, -0.15) is 0 Å². The van der Waals surface area contributed by atoms with E-state index in [1.165, 1.54) is 12.4 Å². The van der Waals surface area contributed by atoms with Gasteiger partial charge in [0.2, 0.25) is 5.91 Å². The van der Waals surface area contributed by atoms with Crippen LogP contribution in [0, 0.1) is 0 Å². The monoisotopic (exact) mass is 283 g/mol. The number of carbonyl (C=O) groups excluding carboxylic acids is 2. The molecule has 19 heavy (non-hydrogen) atoms. The highest BCUT2D eigenvalue weighted by Crippen LogP contribution is 2.12. The fourth-order valence-corrected chi connectivity index (χ4v) is 1.85. The molecule has 0 radical (unpaired) electrons. The minimum absolute atomic E-state index is 0.0302. The third kappa shape index (κ3) is 4.52. The van der Waals surface area contributed by atoms with E-state index in [1.54, 1.807) is 11.0 Å². The lowest BCUT2D eigenvalue weighted by molar-refractivity contribution is -0.130. The minimum Gasteiger partial charge on any atom is -0.351 e. The summed E-state index contributed by atoms with van der Waals surface area (Å²) in [5.41, 5.74) is 0.319. The normalized spacial score (nSPS) is 10.1. The van der Waals surface area contributed by atoms with Gasteiger partial charge in [0.05, 0.1) is 10.6 Å². The van der Waals surface area contributed by atoms with Gasteiger partial charge in [-0.15, -0.1) is 0 Å². The first-order chi connectivity index (χ1) is 9.10. The fraction of sp³-hybridized carbons (Fsp3) is 0.462. The van der Waals surface area contributed by atoms with Crippen molar-refractivity contribution in [2.75, 3.05) is 19.6 Å². The number of nitrogens with one attached hydrogen (secondary N) is 1. The lowest BCUT2D eigenvalue weighted by Gasteiger charge is -2.18. The van der Waals surface area contributed by atoms with Gasteiger partial charge < -0.3 is 10.2 Å². The zero-order valence-electron chi connectivity index (χ0n) is 11.1. The largest absolute Gasteiger partial charge is 0.351 e. The molecule has 0 aliphatic heterocycles. The van der Waals surface area contributed by atoms with E-state index in [1.807, 2.05) is 13.8 Å². The van der Waals surface area contributed by atoms with Crippen LogP contribution in [0.25, 0.3) is 0 Å². The van der Waals surface area contributed by atoms with Crippen LogP contribution >= 0.6 is 11.6 Å². The van der Waals surface area contributed by atoms with Gasteiger partial charge in [-0.1, -0.05) is 11.6 Å². The Kier molecular flexibility index (Phi) is 6.29. The number of carbonyl (C=O) groups is 2. The number of amides is 2. The molecular weight excluding hydrogens is 266 g/mol. The molecule has 0 saturated heterocycles. The smallest absolute Gasteiger partial charge is 0.254 e. The molecule has 0 aliphatic carbocycles. The Morgan fingerprint density at radius 1 is 1.37 bits per heavy atom. The van der Waals surface area contributed by atoms with Crippen molar-refractivity contribution in [1.82, 2.24) is 15.2 Å². The van der Waals surface area contributed by atoms with Gasteiger partial charge in [0.25, 0.3) is 5.91 Å². The van der Waals surface area contributed by atoms with Gasteiger partial charge in [-0.3, -0.25) is 14.6 Å². The Morgan fingerprint density at radius 3 is 2.63 bits per heavy atom. The number of aromatic nitrogens is 1. The molecule has 1 N–H and O–H groups in total. The second kappa shape index (κ2) is 7.74. The predicted octanol–water partition coefficient (Wildman–Crippen LogP) is 1.72. The Hall–Kier alpha value is -1.62. The van der Waals surface area contributed by atoms with E-state index in [4.69, 9.17) is 11.6 Å². The van der Waals surface area contributed by atoms with Crippen molar-refractivity contribution in [2.24, 2.45) is 0 Å². The second-order valence-corrected chi connectivity index (χ2v) is 4.33. The molecular formula is C13H18ClN3O2. The highest BCUT2D eigenvalue weighted by molar-refractivity contribution is 6.33. The number of halogens is 1. The third-order valence-corrected chi connectivity index (χ3v) is 3.08. The van der Waals surface area contributed by atoms with Gasteiger partial charge in [0, 0.05) is 38.4 Å². The molecule has 2 amide bonds. The van der Waals surface area contributed by atoms with E-state index in [-0.39, 0.29) is 18.2 Å². The Bertz CT molecular complexity index is 447. The molecule has 0 aliphatic rings. The molecule has 0 bridgehead atoms. The van der Waals surface area contributed by atoms with Crippen LogP contribution < -0.4 is 5.32 Å². The zero-order valence-corrected chi connectivity index (χ0v) is 11.9. The quantitative estimate of drug-likeness (QED) is 0.865. The molecule has 0 atom stereocenters. The zero-order chi connectivity index (χ0) is 14.3. The first kappa shape index (κ1) is 15.4. The third-order valence-electron chi connectivity index (χ3n) is 2.75. The van der Waals surface area contributed by atoms with Gasteiger partial charge in [0.1, 0.15) is 0 Å². The lowest BCUT2D eigenvalue weighted by Crippen LogP contribution is -2.34.